The lowest BCUT2D eigenvalue weighted by Crippen LogP contribution is -2.04. The topological polar surface area (TPSA) is 90.9 Å². The summed E-state index contributed by atoms with van der Waals surface area (Å²) in [6.45, 7) is 0. The van der Waals surface area contributed by atoms with E-state index in [0.717, 1.165) is 22.2 Å². The minimum atomic E-state index is -0.492. The summed E-state index contributed by atoms with van der Waals surface area (Å²) in [4.78, 5) is 22.5. The molecule has 0 fully saturated rings. The first-order chi connectivity index (χ1) is 14.0. The number of hydrogen-bond acceptors (Lipinski definition) is 7. The molecule has 0 radical (unpaired) electrons. The predicted molar refractivity (Wildman–Crippen MR) is 116 cm³/mol. The molecule has 0 amide bonds. The summed E-state index contributed by atoms with van der Waals surface area (Å²) >= 11 is 9.15. The van der Waals surface area contributed by atoms with Gasteiger partial charge in [0.2, 0.25) is 0 Å². The third-order valence-corrected chi connectivity index (χ3v) is 6.47. The fraction of sp³-hybridized carbons (Fsp3) is 0.211. The van der Waals surface area contributed by atoms with Gasteiger partial charge in [-0.05, 0) is 23.8 Å². The number of hydrogen-bond donors (Lipinski definition) is 0. The van der Waals surface area contributed by atoms with E-state index in [2.05, 4.69) is 10.2 Å². The van der Waals surface area contributed by atoms with Crippen LogP contribution < -0.4 is 0 Å². The number of rotatable bonds is 9. The Bertz CT molecular complexity index is 1020. The van der Waals surface area contributed by atoms with E-state index in [-0.39, 0.29) is 17.2 Å². The van der Waals surface area contributed by atoms with Crippen LogP contribution in [-0.2, 0) is 18.6 Å². The highest BCUT2D eigenvalue weighted by Gasteiger charge is 2.14. The van der Waals surface area contributed by atoms with Crippen LogP contribution in [0, 0.1) is 10.1 Å². The fourth-order valence-corrected chi connectivity index (χ4v) is 4.56. The molecule has 7 nitrogen and oxygen atoms in total. The molecule has 0 aliphatic rings. The minimum absolute atomic E-state index is 0.0403. The molecule has 0 atom stereocenters. The highest BCUT2D eigenvalue weighted by molar-refractivity contribution is 7.99. The zero-order valence-electron chi connectivity index (χ0n) is 15.4. The number of thioether (sulfide) groups is 2. The molecule has 10 heteroatoms. The van der Waals surface area contributed by atoms with Crippen LogP contribution in [0.5, 0.6) is 0 Å². The first kappa shape index (κ1) is 21.4. The van der Waals surface area contributed by atoms with Crippen LogP contribution in [0.15, 0.2) is 53.7 Å². The van der Waals surface area contributed by atoms with Gasteiger partial charge in [-0.15, -0.1) is 22.0 Å². The van der Waals surface area contributed by atoms with Crippen LogP contribution in [0.4, 0.5) is 5.69 Å². The molecule has 0 aliphatic heterocycles. The van der Waals surface area contributed by atoms with E-state index < -0.39 is 4.92 Å². The van der Waals surface area contributed by atoms with E-state index in [1.54, 1.807) is 11.8 Å². The van der Waals surface area contributed by atoms with Crippen LogP contribution in [0.25, 0.3) is 0 Å². The van der Waals surface area contributed by atoms with Gasteiger partial charge in [0, 0.05) is 35.5 Å². The maximum Gasteiger partial charge on any atom is 0.269 e. The van der Waals surface area contributed by atoms with Gasteiger partial charge in [-0.25, -0.2) is 0 Å². The Hall–Kier alpha value is -2.36. The van der Waals surface area contributed by atoms with Gasteiger partial charge >= 0.3 is 0 Å². The lowest BCUT2D eigenvalue weighted by atomic mass is 10.1. The van der Waals surface area contributed by atoms with Gasteiger partial charge in [-0.1, -0.05) is 41.6 Å². The Kier molecular flexibility index (Phi) is 7.29. The first-order valence-electron chi connectivity index (χ1n) is 8.55. The smallest absolute Gasteiger partial charge is 0.269 e. The third-order valence-electron chi connectivity index (χ3n) is 4.10. The summed E-state index contributed by atoms with van der Waals surface area (Å²) < 4.78 is 1.87. The van der Waals surface area contributed by atoms with Crippen molar-refractivity contribution in [3.8, 4) is 0 Å². The largest absolute Gasteiger partial charge is 0.308 e. The molecule has 1 aromatic heterocycles. The number of benzene rings is 2. The third kappa shape index (κ3) is 5.59. The molecule has 0 saturated heterocycles. The number of halogens is 1. The molecule has 3 aromatic rings. The Morgan fingerprint density at radius 2 is 1.86 bits per heavy atom. The Labute approximate surface area is 181 Å². The molecule has 0 bridgehead atoms. The molecule has 0 spiro atoms. The van der Waals surface area contributed by atoms with Gasteiger partial charge in [0.05, 0.1) is 16.4 Å². The maximum absolute atomic E-state index is 12.3. The van der Waals surface area contributed by atoms with Gasteiger partial charge in [0.25, 0.3) is 5.69 Å². The Balaban J connectivity index is 1.53. The van der Waals surface area contributed by atoms with Crippen molar-refractivity contribution in [2.24, 2.45) is 7.05 Å². The summed E-state index contributed by atoms with van der Waals surface area (Å²) in [5.74, 6) is 2.31. The second-order valence-corrected chi connectivity index (χ2v) is 8.39. The number of carbonyl (C=O) groups excluding carboxylic acids is 1. The standard InChI is InChI=1S/C19H17ClN4O3S2/c1-23-18(12-28-10-14-4-2-3-5-16(14)20)21-22-19(23)29-11-17(25)13-6-8-15(9-7-13)24(26)27/h2-9H,10-12H2,1H3. The number of nitro benzene ring substituents is 1. The molecule has 29 heavy (non-hydrogen) atoms. The first-order valence-corrected chi connectivity index (χ1v) is 11.1. The number of nitro groups is 1. The highest BCUT2D eigenvalue weighted by atomic mass is 35.5. The van der Waals surface area contributed by atoms with Crippen molar-refractivity contribution in [2.75, 3.05) is 5.75 Å². The highest BCUT2D eigenvalue weighted by Crippen LogP contribution is 2.24. The second-order valence-electron chi connectivity index (χ2n) is 6.06. The molecule has 2 aromatic carbocycles. The molecular weight excluding hydrogens is 432 g/mol. The normalized spacial score (nSPS) is 10.8. The molecule has 0 aliphatic carbocycles. The number of Topliss-reactive ketones (excluding diaryl/α,β-unsaturated/α-hetero) is 1. The van der Waals surface area contributed by atoms with Gasteiger partial charge in [0.15, 0.2) is 10.9 Å². The van der Waals surface area contributed by atoms with E-state index in [0.29, 0.717) is 16.5 Å². The zero-order chi connectivity index (χ0) is 20.8. The minimum Gasteiger partial charge on any atom is -0.308 e. The number of aromatic nitrogens is 3. The average Bonchev–Trinajstić information content (AvgIpc) is 3.07. The van der Waals surface area contributed by atoms with E-state index in [9.17, 15) is 14.9 Å². The number of carbonyl (C=O) groups is 1. The lowest BCUT2D eigenvalue weighted by molar-refractivity contribution is -0.384. The van der Waals surface area contributed by atoms with E-state index in [1.807, 2.05) is 35.9 Å². The maximum atomic E-state index is 12.3. The average molecular weight is 449 g/mol. The predicted octanol–water partition coefficient (Wildman–Crippen LogP) is 4.79. The summed E-state index contributed by atoms with van der Waals surface area (Å²) in [6, 6.07) is 13.3. The molecule has 0 unspecified atom stereocenters. The summed E-state index contributed by atoms with van der Waals surface area (Å²) in [5, 5.41) is 20.5. The molecule has 1 heterocycles. The number of non-ortho nitro benzene ring substituents is 1. The molecule has 3 rings (SSSR count). The van der Waals surface area contributed by atoms with Crippen molar-refractivity contribution >= 4 is 46.6 Å². The monoisotopic (exact) mass is 448 g/mol. The van der Waals surface area contributed by atoms with E-state index in [4.69, 9.17) is 11.6 Å². The SMILES string of the molecule is Cn1c(CSCc2ccccc2Cl)nnc1SCC(=O)c1ccc([N+](=O)[O-])cc1. The molecule has 0 N–H and O–H groups in total. The molecular formula is C19H17ClN4O3S2. The van der Waals surface area contributed by atoms with Crippen molar-refractivity contribution in [2.45, 2.75) is 16.7 Å². The Morgan fingerprint density at radius 3 is 2.55 bits per heavy atom. The fourth-order valence-electron chi connectivity index (χ4n) is 2.45. The van der Waals surface area contributed by atoms with Gasteiger partial charge in [-0.3, -0.25) is 14.9 Å². The number of ketones is 1. The number of nitrogens with zero attached hydrogens (tertiary/aromatic N) is 4. The summed E-state index contributed by atoms with van der Waals surface area (Å²) in [7, 11) is 1.87. The lowest BCUT2D eigenvalue weighted by Gasteiger charge is -2.05. The van der Waals surface area contributed by atoms with Gasteiger partial charge in [0.1, 0.15) is 5.82 Å². The van der Waals surface area contributed by atoms with Gasteiger partial charge in [-0.2, -0.15) is 0 Å². The van der Waals surface area contributed by atoms with Gasteiger partial charge < -0.3 is 4.57 Å². The Morgan fingerprint density at radius 1 is 1.14 bits per heavy atom. The quantitative estimate of drug-likeness (QED) is 0.201. The molecule has 0 saturated carbocycles. The summed E-state index contributed by atoms with van der Waals surface area (Å²) in [6.07, 6.45) is 0. The van der Waals surface area contributed by atoms with Crippen LogP contribution in [-0.4, -0.2) is 31.2 Å². The van der Waals surface area contributed by atoms with Crippen molar-refractivity contribution in [1.82, 2.24) is 14.8 Å². The van der Waals surface area contributed by atoms with Crippen LogP contribution >= 0.6 is 35.1 Å². The summed E-state index contributed by atoms with van der Waals surface area (Å²) in [5.41, 5.74) is 1.46. The van der Waals surface area contributed by atoms with E-state index in [1.165, 1.54) is 36.0 Å². The zero-order valence-corrected chi connectivity index (χ0v) is 17.8. The van der Waals surface area contributed by atoms with Crippen LogP contribution in [0.1, 0.15) is 21.7 Å². The van der Waals surface area contributed by atoms with Crippen molar-refractivity contribution in [3.63, 3.8) is 0 Å². The van der Waals surface area contributed by atoms with Crippen molar-refractivity contribution < 1.29 is 9.72 Å². The van der Waals surface area contributed by atoms with Crippen molar-refractivity contribution in [1.29, 1.82) is 0 Å². The van der Waals surface area contributed by atoms with Crippen LogP contribution in [0.2, 0.25) is 5.02 Å². The van der Waals surface area contributed by atoms with Crippen molar-refractivity contribution in [3.05, 3.63) is 80.6 Å². The van der Waals surface area contributed by atoms with E-state index >= 15 is 0 Å². The second kappa shape index (κ2) is 9.91. The molecule has 150 valence electrons. The van der Waals surface area contributed by atoms with Crippen LogP contribution in [0.3, 0.4) is 0 Å².